The summed E-state index contributed by atoms with van der Waals surface area (Å²) in [6, 6.07) is 1.89. The molecule has 1 aromatic rings. The van der Waals surface area contributed by atoms with Gasteiger partial charge in [-0.1, -0.05) is 0 Å². The maximum atomic E-state index is 5.55. The number of hydrogen-bond donors (Lipinski definition) is 1. The molecule has 3 heteroatoms. The molecule has 0 radical (unpaired) electrons. The molecular weight excluding hydrogens is 148 g/mol. The minimum atomic E-state index is 0.446. The molecule has 0 spiro atoms. The van der Waals surface area contributed by atoms with Crippen LogP contribution in [-0.4, -0.2) is 4.98 Å². The second kappa shape index (κ2) is 2.88. The molecular formula is C7H9ClN2. The van der Waals surface area contributed by atoms with Crippen molar-refractivity contribution in [3.05, 3.63) is 23.5 Å². The molecule has 2 nitrogen and oxygen atoms in total. The van der Waals surface area contributed by atoms with Gasteiger partial charge in [0, 0.05) is 0 Å². The first-order valence-electron chi connectivity index (χ1n) is 3.01. The second-order valence-corrected chi connectivity index (χ2v) is 2.43. The number of nitrogens with zero attached hydrogens (tertiary/aromatic N) is 1. The Bertz CT molecular complexity index is 235. The van der Waals surface area contributed by atoms with E-state index < -0.39 is 0 Å². The van der Waals surface area contributed by atoms with E-state index in [1.165, 1.54) is 0 Å². The zero-order valence-corrected chi connectivity index (χ0v) is 6.52. The highest BCUT2D eigenvalue weighted by Crippen LogP contribution is 2.10. The number of rotatable bonds is 1. The molecule has 1 heterocycles. The third kappa shape index (κ3) is 1.39. The largest absolute Gasteiger partial charge is 0.397 e. The van der Waals surface area contributed by atoms with Gasteiger partial charge in [0.05, 0.1) is 23.5 Å². The van der Waals surface area contributed by atoms with Crippen LogP contribution in [0.5, 0.6) is 0 Å². The van der Waals surface area contributed by atoms with Crippen molar-refractivity contribution in [3.63, 3.8) is 0 Å². The molecule has 0 aliphatic heterocycles. The highest BCUT2D eigenvalue weighted by Gasteiger charge is 1.95. The Balaban J connectivity index is 3.04. The predicted octanol–water partition coefficient (Wildman–Crippen LogP) is 1.71. The lowest BCUT2D eigenvalue weighted by atomic mass is 10.2. The molecule has 0 aliphatic carbocycles. The van der Waals surface area contributed by atoms with Gasteiger partial charge in [-0.15, -0.1) is 11.6 Å². The summed E-state index contributed by atoms with van der Waals surface area (Å²) in [7, 11) is 0. The number of aromatic nitrogens is 1. The van der Waals surface area contributed by atoms with E-state index in [2.05, 4.69) is 4.98 Å². The van der Waals surface area contributed by atoms with Crippen LogP contribution in [0, 0.1) is 6.92 Å². The summed E-state index contributed by atoms with van der Waals surface area (Å²) in [4.78, 5) is 4.00. The topological polar surface area (TPSA) is 38.9 Å². The Kier molecular flexibility index (Phi) is 2.12. The third-order valence-electron chi connectivity index (χ3n) is 1.34. The number of aryl methyl sites for hydroxylation is 1. The number of nitrogens with two attached hydrogens (primary N) is 1. The first-order valence-corrected chi connectivity index (χ1v) is 3.54. The van der Waals surface area contributed by atoms with Crippen molar-refractivity contribution in [2.45, 2.75) is 12.8 Å². The molecule has 0 unspecified atom stereocenters. The van der Waals surface area contributed by atoms with Crippen molar-refractivity contribution in [2.24, 2.45) is 0 Å². The molecule has 0 atom stereocenters. The Hall–Kier alpha value is -0.760. The molecule has 0 aliphatic rings. The normalized spacial score (nSPS) is 9.80. The predicted molar refractivity (Wildman–Crippen MR) is 42.9 cm³/mol. The first kappa shape index (κ1) is 7.35. The zero-order chi connectivity index (χ0) is 7.56. The van der Waals surface area contributed by atoms with E-state index in [0.717, 1.165) is 11.3 Å². The van der Waals surface area contributed by atoms with Crippen LogP contribution < -0.4 is 5.73 Å². The molecule has 0 aromatic carbocycles. The zero-order valence-electron chi connectivity index (χ0n) is 5.76. The molecule has 54 valence electrons. The van der Waals surface area contributed by atoms with Gasteiger partial charge in [-0.25, -0.2) is 0 Å². The Labute approximate surface area is 65.0 Å². The molecule has 0 saturated heterocycles. The lowest BCUT2D eigenvalue weighted by molar-refractivity contribution is 1.15. The Morgan fingerprint density at radius 1 is 1.70 bits per heavy atom. The van der Waals surface area contributed by atoms with Crippen molar-refractivity contribution in [1.29, 1.82) is 0 Å². The maximum absolute atomic E-state index is 5.55. The molecule has 2 N–H and O–H groups in total. The highest BCUT2D eigenvalue weighted by atomic mass is 35.5. The van der Waals surface area contributed by atoms with E-state index in [-0.39, 0.29) is 0 Å². The van der Waals surface area contributed by atoms with Gasteiger partial charge in [0.1, 0.15) is 0 Å². The summed E-state index contributed by atoms with van der Waals surface area (Å²) in [5.41, 5.74) is 8.16. The molecule has 1 rings (SSSR count). The van der Waals surface area contributed by atoms with Crippen LogP contribution in [0.4, 0.5) is 5.69 Å². The lowest BCUT2D eigenvalue weighted by Crippen LogP contribution is -1.93. The standard InChI is InChI=1S/C7H9ClN2/c1-5-2-6(3-8)10-4-7(5)9/h2,4H,3,9H2,1H3. The van der Waals surface area contributed by atoms with Crippen molar-refractivity contribution in [2.75, 3.05) is 5.73 Å². The van der Waals surface area contributed by atoms with Crippen molar-refractivity contribution in [1.82, 2.24) is 4.98 Å². The van der Waals surface area contributed by atoms with E-state index >= 15 is 0 Å². The fourth-order valence-corrected chi connectivity index (χ4v) is 0.844. The van der Waals surface area contributed by atoms with Crippen LogP contribution in [0.15, 0.2) is 12.3 Å². The average Bonchev–Trinajstić information content (AvgIpc) is 1.95. The van der Waals surface area contributed by atoms with E-state index in [1.807, 2.05) is 13.0 Å². The van der Waals surface area contributed by atoms with Crippen LogP contribution >= 0.6 is 11.6 Å². The number of anilines is 1. The number of pyridine rings is 1. The van der Waals surface area contributed by atoms with Crippen molar-refractivity contribution >= 4 is 17.3 Å². The van der Waals surface area contributed by atoms with Crippen LogP contribution in [0.1, 0.15) is 11.3 Å². The van der Waals surface area contributed by atoms with Crippen LogP contribution in [0.25, 0.3) is 0 Å². The molecule has 0 fully saturated rings. The van der Waals surface area contributed by atoms with Gasteiger partial charge in [0.15, 0.2) is 0 Å². The fourth-order valence-electron chi connectivity index (χ4n) is 0.698. The van der Waals surface area contributed by atoms with Crippen molar-refractivity contribution in [3.8, 4) is 0 Å². The quantitative estimate of drug-likeness (QED) is 0.629. The smallest absolute Gasteiger partial charge is 0.0647 e. The number of hydrogen-bond acceptors (Lipinski definition) is 2. The Morgan fingerprint density at radius 3 is 2.90 bits per heavy atom. The summed E-state index contributed by atoms with van der Waals surface area (Å²) in [5.74, 6) is 0.446. The lowest BCUT2D eigenvalue weighted by Gasteiger charge is -1.99. The highest BCUT2D eigenvalue weighted by molar-refractivity contribution is 6.16. The van der Waals surface area contributed by atoms with Crippen LogP contribution in [-0.2, 0) is 5.88 Å². The second-order valence-electron chi connectivity index (χ2n) is 2.17. The minimum Gasteiger partial charge on any atom is -0.397 e. The first-order chi connectivity index (χ1) is 4.74. The average molecular weight is 157 g/mol. The summed E-state index contributed by atoms with van der Waals surface area (Å²) >= 11 is 5.55. The van der Waals surface area contributed by atoms with Gasteiger partial charge in [-0.2, -0.15) is 0 Å². The van der Waals surface area contributed by atoms with Gasteiger partial charge in [-0.05, 0) is 18.6 Å². The molecule has 0 bridgehead atoms. The van der Waals surface area contributed by atoms with Gasteiger partial charge in [0.2, 0.25) is 0 Å². The van der Waals surface area contributed by atoms with Crippen molar-refractivity contribution < 1.29 is 0 Å². The monoisotopic (exact) mass is 156 g/mol. The SMILES string of the molecule is Cc1cc(CCl)ncc1N. The Morgan fingerprint density at radius 2 is 2.40 bits per heavy atom. The van der Waals surface area contributed by atoms with E-state index in [0.29, 0.717) is 11.6 Å². The molecule has 0 amide bonds. The number of halogens is 1. The molecule has 10 heavy (non-hydrogen) atoms. The van der Waals surface area contributed by atoms with E-state index in [1.54, 1.807) is 6.20 Å². The summed E-state index contributed by atoms with van der Waals surface area (Å²) in [6.07, 6.45) is 1.63. The molecule has 0 saturated carbocycles. The van der Waals surface area contributed by atoms with E-state index in [9.17, 15) is 0 Å². The summed E-state index contributed by atoms with van der Waals surface area (Å²) in [5, 5.41) is 0. The van der Waals surface area contributed by atoms with E-state index in [4.69, 9.17) is 17.3 Å². The fraction of sp³-hybridized carbons (Fsp3) is 0.286. The minimum absolute atomic E-state index is 0.446. The van der Waals surface area contributed by atoms with Gasteiger partial charge in [-0.3, -0.25) is 4.98 Å². The number of alkyl halides is 1. The van der Waals surface area contributed by atoms with Crippen LogP contribution in [0.2, 0.25) is 0 Å². The number of nitrogen functional groups attached to an aromatic ring is 1. The van der Waals surface area contributed by atoms with Gasteiger partial charge >= 0.3 is 0 Å². The molecule has 1 aromatic heterocycles. The van der Waals surface area contributed by atoms with Gasteiger partial charge < -0.3 is 5.73 Å². The summed E-state index contributed by atoms with van der Waals surface area (Å²) in [6.45, 7) is 1.94. The summed E-state index contributed by atoms with van der Waals surface area (Å²) < 4.78 is 0. The van der Waals surface area contributed by atoms with Crippen LogP contribution in [0.3, 0.4) is 0 Å². The maximum Gasteiger partial charge on any atom is 0.0647 e. The van der Waals surface area contributed by atoms with Gasteiger partial charge in [0.25, 0.3) is 0 Å². The third-order valence-corrected chi connectivity index (χ3v) is 1.62.